The fourth-order valence-corrected chi connectivity index (χ4v) is 2.95. The van der Waals surface area contributed by atoms with Crippen molar-refractivity contribution in [2.24, 2.45) is 0 Å². The first-order valence-electron chi connectivity index (χ1n) is 8.29. The molecule has 3 aromatic rings. The summed E-state index contributed by atoms with van der Waals surface area (Å²) in [5, 5.41) is 0.711. The number of rotatable bonds is 3. The third kappa shape index (κ3) is 3.01. The summed E-state index contributed by atoms with van der Waals surface area (Å²) < 4.78 is 16.3. The Morgan fingerprint density at radius 1 is 1.04 bits per heavy atom. The Morgan fingerprint density at radius 3 is 2.65 bits per heavy atom. The molecular formula is C20H17NO5. The van der Waals surface area contributed by atoms with Gasteiger partial charge in [0.1, 0.15) is 24.4 Å². The molecule has 1 aliphatic rings. The lowest BCUT2D eigenvalue weighted by atomic mass is 10.1. The van der Waals surface area contributed by atoms with Gasteiger partial charge in [-0.1, -0.05) is 24.3 Å². The van der Waals surface area contributed by atoms with E-state index in [0.29, 0.717) is 42.2 Å². The minimum absolute atomic E-state index is 0.0174. The molecule has 0 radical (unpaired) electrons. The molecule has 1 aliphatic heterocycles. The quantitative estimate of drug-likeness (QED) is 0.679. The van der Waals surface area contributed by atoms with Crippen LogP contribution in [0.4, 0.5) is 0 Å². The molecule has 1 aromatic heterocycles. The van der Waals surface area contributed by atoms with Gasteiger partial charge in [0.15, 0.2) is 11.5 Å². The van der Waals surface area contributed by atoms with Crippen molar-refractivity contribution < 1.29 is 18.7 Å². The smallest absolute Gasteiger partial charge is 0.349 e. The highest BCUT2D eigenvalue weighted by atomic mass is 16.6. The van der Waals surface area contributed by atoms with Crippen LogP contribution < -0.4 is 15.1 Å². The van der Waals surface area contributed by atoms with Crippen molar-refractivity contribution in [1.82, 2.24) is 4.90 Å². The zero-order chi connectivity index (χ0) is 18.1. The van der Waals surface area contributed by atoms with E-state index in [1.54, 1.807) is 31.3 Å². The first-order chi connectivity index (χ1) is 12.6. The van der Waals surface area contributed by atoms with E-state index in [2.05, 4.69) is 0 Å². The van der Waals surface area contributed by atoms with Gasteiger partial charge in [-0.15, -0.1) is 0 Å². The first-order valence-corrected chi connectivity index (χ1v) is 8.29. The lowest BCUT2D eigenvalue weighted by Crippen LogP contribution is -2.30. The molecule has 0 fully saturated rings. The number of carbonyl (C=O) groups is 1. The Kier molecular flexibility index (Phi) is 4.08. The van der Waals surface area contributed by atoms with Crippen LogP contribution in [0.5, 0.6) is 11.5 Å². The van der Waals surface area contributed by atoms with Crippen LogP contribution in [0.3, 0.4) is 0 Å². The normalized spacial score (nSPS) is 12.8. The van der Waals surface area contributed by atoms with Gasteiger partial charge in [0, 0.05) is 19.0 Å². The molecule has 4 rings (SSSR count). The van der Waals surface area contributed by atoms with Gasteiger partial charge in [0.05, 0.1) is 0 Å². The largest absolute Gasteiger partial charge is 0.486 e. The minimum atomic E-state index is -0.636. The van der Waals surface area contributed by atoms with Crippen molar-refractivity contribution in [3.8, 4) is 11.5 Å². The molecule has 6 heteroatoms. The molecule has 0 saturated heterocycles. The zero-order valence-electron chi connectivity index (χ0n) is 14.2. The maximum absolute atomic E-state index is 12.7. The van der Waals surface area contributed by atoms with Crippen LogP contribution in [-0.2, 0) is 6.54 Å². The fourth-order valence-electron chi connectivity index (χ4n) is 2.95. The number of hydrogen-bond acceptors (Lipinski definition) is 5. The molecule has 0 spiro atoms. The highest BCUT2D eigenvalue weighted by Gasteiger charge is 2.19. The van der Waals surface area contributed by atoms with Crippen molar-refractivity contribution in [3.63, 3.8) is 0 Å². The molecule has 2 aromatic carbocycles. The molecule has 0 unspecified atom stereocenters. The Bertz CT molecular complexity index is 1040. The summed E-state index contributed by atoms with van der Waals surface area (Å²) in [6.07, 6.45) is 0. The summed E-state index contributed by atoms with van der Waals surface area (Å²) in [6.45, 7) is 1.37. The van der Waals surface area contributed by atoms with Crippen molar-refractivity contribution >= 4 is 16.9 Å². The van der Waals surface area contributed by atoms with Gasteiger partial charge in [-0.05, 0) is 29.8 Å². The molecule has 0 atom stereocenters. The van der Waals surface area contributed by atoms with E-state index in [9.17, 15) is 9.59 Å². The SMILES string of the molecule is CN(Cc1ccc2c(c1)OCCO2)C(=O)c1cc2ccccc2oc1=O. The van der Waals surface area contributed by atoms with Crippen LogP contribution in [0.25, 0.3) is 11.0 Å². The molecule has 0 N–H and O–H groups in total. The second-order valence-corrected chi connectivity index (χ2v) is 6.12. The number of nitrogens with zero attached hydrogens (tertiary/aromatic N) is 1. The standard InChI is InChI=1S/C20H17NO5/c1-21(12-13-6-7-17-18(10-13)25-9-8-24-17)19(22)15-11-14-4-2-3-5-16(14)26-20(15)23/h2-7,10-11H,8-9,12H2,1H3. The maximum atomic E-state index is 12.7. The summed E-state index contributed by atoms with van der Waals surface area (Å²) in [5.41, 5.74) is 0.727. The molecule has 0 saturated carbocycles. The third-order valence-electron chi connectivity index (χ3n) is 4.24. The van der Waals surface area contributed by atoms with Crippen LogP contribution in [0.1, 0.15) is 15.9 Å². The molecule has 0 bridgehead atoms. The Balaban J connectivity index is 1.58. The number of hydrogen-bond donors (Lipinski definition) is 0. The molecule has 26 heavy (non-hydrogen) atoms. The van der Waals surface area contributed by atoms with Crippen LogP contribution in [-0.4, -0.2) is 31.1 Å². The predicted molar refractivity (Wildman–Crippen MR) is 95.7 cm³/mol. The summed E-state index contributed by atoms with van der Waals surface area (Å²) in [6, 6.07) is 14.2. The summed E-state index contributed by atoms with van der Waals surface area (Å²) >= 11 is 0. The van der Waals surface area contributed by atoms with Crippen molar-refractivity contribution in [1.29, 1.82) is 0 Å². The van der Waals surface area contributed by atoms with E-state index in [4.69, 9.17) is 13.9 Å². The van der Waals surface area contributed by atoms with E-state index < -0.39 is 5.63 Å². The van der Waals surface area contributed by atoms with Gasteiger partial charge in [-0.2, -0.15) is 0 Å². The summed E-state index contributed by atoms with van der Waals surface area (Å²) in [7, 11) is 1.65. The summed E-state index contributed by atoms with van der Waals surface area (Å²) in [4.78, 5) is 26.4. The first kappa shape index (κ1) is 16.2. The van der Waals surface area contributed by atoms with Gasteiger partial charge < -0.3 is 18.8 Å². The molecule has 0 aliphatic carbocycles. The molecular weight excluding hydrogens is 334 g/mol. The summed E-state index contributed by atoms with van der Waals surface area (Å²) in [5.74, 6) is 0.975. The van der Waals surface area contributed by atoms with Crippen LogP contribution in [0, 0.1) is 0 Å². The number of amides is 1. The van der Waals surface area contributed by atoms with Gasteiger partial charge in [0.25, 0.3) is 5.91 Å². The van der Waals surface area contributed by atoms with Crippen molar-refractivity contribution in [2.45, 2.75) is 6.54 Å². The predicted octanol–water partition coefficient (Wildman–Crippen LogP) is 2.84. The van der Waals surface area contributed by atoms with Gasteiger partial charge in [-0.3, -0.25) is 4.79 Å². The Morgan fingerprint density at radius 2 is 1.81 bits per heavy atom. The lowest BCUT2D eigenvalue weighted by Gasteiger charge is -2.21. The average molecular weight is 351 g/mol. The molecule has 132 valence electrons. The minimum Gasteiger partial charge on any atom is -0.486 e. The average Bonchev–Trinajstić information content (AvgIpc) is 2.66. The van der Waals surface area contributed by atoms with E-state index >= 15 is 0 Å². The highest BCUT2D eigenvalue weighted by molar-refractivity contribution is 5.96. The number of benzene rings is 2. The Labute approximate surface area is 149 Å². The van der Waals surface area contributed by atoms with Gasteiger partial charge in [0.2, 0.25) is 0 Å². The van der Waals surface area contributed by atoms with Crippen LogP contribution >= 0.6 is 0 Å². The van der Waals surface area contributed by atoms with E-state index in [1.165, 1.54) is 4.90 Å². The van der Waals surface area contributed by atoms with Crippen molar-refractivity contribution in [2.75, 3.05) is 20.3 Å². The highest BCUT2D eigenvalue weighted by Crippen LogP contribution is 2.31. The maximum Gasteiger partial charge on any atom is 0.349 e. The second kappa shape index (κ2) is 6.55. The second-order valence-electron chi connectivity index (χ2n) is 6.12. The topological polar surface area (TPSA) is 69.0 Å². The number of ether oxygens (including phenoxy) is 2. The Hall–Kier alpha value is -3.28. The van der Waals surface area contributed by atoms with Crippen LogP contribution in [0.2, 0.25) is 0 Å². The number of para-hydroxylation sites is 1. The van der Waals surface area contributed by atoms with E-state index in [0.717, 1.165) is 5.56 Å². The van der Waals surface area contributed by atoms with Crippen LogP contribution in [0.15, 0.2) is 57.7 Å². The van der Waals surface area contributed by atoms with E-state index in [-0.39, 0.29) is 11.5 Å². The monoisotopic (exact) mass is 351 g/mol. The molecule has 6 nitrogen and oxygen atoms in total. The van der Waals surface area contributed by atoms with Crippen molar-refractivity contribution in [3.05, 3.63) is 70.1 Å². The number of fused-ring (bicyclic) bond motifs is 2. The van der Waals surface area contributed by atoms with E-state index in [1.807, 2.05) is 24.3 Å². The molecule has 2 heterocycles. The third-order valence-corrected chi connectivity index (χ3v) is 4.24. The lowest BCUT2D eigenvalue weighted by molar-refractivity contribution is 0.0780. The van der Waals surface area contributed by atoms with Gasteiger partial charge in [-0.25, -0.2) is 4.79 Å². The number of carbonyl (C=O) groups excluding carboxylic acids is 1. The van der Waals surface area contributed by atoms with Gasteiger partial charge >= 0.3 is 5.63 Å². The zero-order valence-corrected chi connectivity index (χ0v) is 14.2. The fraction of sp³-hybridized carbons (Fsp3) is 0.200. The molecule has 1 amide bonds.